The number of ether oxygens (including phenoxy) is 1. The van der Waals surface area contributed by atoms with Crippen LogP contribution < -0.4 is 9.64 Å². The lowest BCUT2D eigenvalue weighted by atomic mass is 9.56. The standard InChI is InChI=1S/C30H27BrCl2N2O6/c1-3-15-4-6-16(7-5-15)35-25(37)20-11-10-18-21(23(20)26(35)38)13-29(32)27(39)34(14-31)28(40)30(29,33)24(18)19-9-8-17(36)12-22(19)41-2/h4-10,12,20-21,23-24,36H,3,11,13-14H2,1-2H3/t20-,21+,23-,24+,29+,30-/m0/s1. The predicted octanol–water partition coefficient (Wildman–Crippen LogP) is 4.88. The number of fused-ring (bicyclic) bond motifs is 4. The van der Waals surface area contributed by atoms with Crippen molar-refractivity contribution in [3.8, 4) is 11.5 Å². The van der Waals surface area contributed by atoms with Gasteiger partial charge in [-0.05, 0) is 48.9 Å². The van der Waals surface area contributed by atoms with Crippen LogP contribution in [0.3, 0.4) is 0 Å². The fraction of sp³-hybridized carbons (Fsp3) is 0.400. The van der Waals surface area contributed by atoms with E-state index >= 15 is 0 Å². The maximum absolute atomic E-state index is 14.1. The van der Waals surface area contributed by atoms with Crippen LogP contribution in [0.5, 0.6) is 11.5 Å². The Balaban J connectivity index is 1.52. The number of imide groups is 2. The number of aromatic hydroxyl groups is 1. The summed E-state index contributed by atoms with van der Waals surface area (Å²) in [6, 6.07) is 11.8. The number of phenolic OH excluding ortho intramolecular Hbond substituents is 1. The van der Waals surface area contributed by atoms with Gasteiger partial charge in [-0.2, -0.15) is 0 Å². The van der Waals surface area contributed by atoms with Crippen molar-refractivity contribution in [3.05, 3.63) is 65.2 Å². The smallest absolute Gasteiger partial charge is 0.254 e. The molecule has 0 radical (unpaired) electrons. The largest absolute Gasteiger partial charge is 0.508 e. The van der Waals surface area contributed by atoms with Crippen molar-refractivity contribution in [2.24, 2.45) is 17.8 Å². The molecule has 1 N–H and O–H groups in total. The second-order valence-corrected chi connectivity index (χ2v) is 12.7. The van der Waals surface area contributed by atoms with E-state index in [2.05, 4.69) is 15.9 Å². The SMILES string of the molecule is CCc1ccc(N2C(=O)[C@H]3[C@H](CC=C4[C@H]3C[C@@]3(Cl)C(=O)N(CBr)C(=O)[C@@]3(Cl)[C@H]4c3ccc(O)cc3OC)C2=O)cc1. The molecule has 8 nitrogen and oxygen atoms in total. The number of phenols is 1. The number of nitrogens with zero attached hydrogens (tertiary/aromatic N) is 2. The summed E-state index contributed by atoms with van der Waals surface area (Å²) in [6.07, 6.45) is 2.85. The van der Waals surface area contributed by atoms with Gasteiger partial charge in [-0.1, -0.05) is 52.7 Å². The molecule has 0 bridgehead atoms. The normalized spacial score (nSPS) is 32.6. The summed E-state index contributed by atoms with van der Waals surface area (Å²) in [6.45, 7) is 2.02. The molecule has 2 saturated heterocycles. The van der Waals surface area contributed by atoms with Crippen molar-refractivity contribution in [2.45, 2.75) is 41.9 Å². The molecule has 4 aliphatic rings. The molecule has 4 amide bonds. The molecule has 2 aromatic carbocycles. The van der Waals surface area contributed by atoms with Gasteiger partial charge in [-0.3, -0.25) is 29.0 Å². The van der Waals surface area contributed by atoms with Crippen LogP contribution in [0.25, 0.3) is 0 Å². The fourth-order valence-electron chi connectivity index (χ4n) is 7.17. The van der Waals surface area contributed by atoms with Crippen molar-refractivity contribution >= 4 is 68.4 Å². The number of amides is 4. The Hall–Kier alpha value is -2.88. The summed E-state index contributed by atoms with van der Waals surface area (Å²) >= 11 is 17.7. The molecule has 11 heteroatoms. The van der Waals surface area contributed by atoms with Gasteiger partial charge < -0.3 is 9.84 Å². The quantitative estimate of drug-likeness (QED) is 0.212. The van der Waals surface area contributed by atoms with Crippen molar-refractivity contribution in [1.82, 2.24) is 4.90 Å². The Labute approximate surface area is 255 Å². The minimum Gasteiger partial charge on any atom is -0.508 e. The van der Waals surface area contributed by atoms with E-state index in [-0.39, 0.29) is 41.6 Å². The Bertz CT molecular complexity index is 1530. The first-order valence-corrected chi connectivity index (χ1v) is 15.2. The molecule has 2 aliphatic carbocycles. The zero-order valence-corrected chi connectivity index (χ0v) is 25.4. The summed E-state index contributed by atoms with van der Waals surface area (Å²) in [7, 11) is 1.42. The maximum Gasteiger partial charge on any atom is 0.254 e. The van der Waals surface area contributed by atoms with Gasteiger partial charge >= 0.3 is 0 Å². The Morgan fingerprint density at radius 3 is 2.37 bits per heavy atom. The van der Waals surface area contributed by atoms with Crippen LogP contribution in [0.15, 0.2) is 54.1 Å². The third-order valence-corrected chi connectivity index (χ3v) is 11.1. The number of hydrogen-bond acceptors (Lipinski definition) is 6. The van der Waals surface area contributed by atoms with E-state index < -0.39 is 45.2 Å². The molecule has 2 aliphatic heterocycles. The topological polar surface area (TPSA) is 104 Å². The third-order valence-electron chi connectivity index (χ3n) is 9.15. The van der Waals surface area contributed by atoms with Gasteiger partial charge in [0.15, 0.2) is 9.75 Å². The highest BCUT2D eigenvalue weighted by Gasteiger charge is 2.76. The lowest BCUT2D eigenvalue weighted by Gasteiger charge is -2.50. The number of likely N-dealkylation sites (tertiary alicyclic amines) is 1. The van der Waals surface area contributed by atoms with E-state index in [0.29, 0.717) is 16.8 Å². The molecule has 2 heterocycles. The first kappa shape index (κ1) is 28.2. The molecule has 1 saturated carbocycles. The van der Waals surface area contributed by atoms with Gasteiger partial charge in [-0.15, -0.1) is 23.2 Å². The van der Waals surface area contributed by atoms with E-state index in [4.69, 9.17) is 27.9 Å². The van der Waals surface area contributed by atoms with Gasteiger partial charge in [0.05, 0.1) is 30.1 Å². The van der Waals surface area contributed by atoms with Crippen molar-refractivity contribution in [1.29, 1.82) is 0 Å². The van der Waals surface area contributed by atoms with E-state index in [1.54, 1.807) is 18.2 Å². The molecule has 0 aromatic heterocycles. The highest BCUT2D eigenvalue weighted by Crippen LogP contribution is 2.66. The summed E-state index contributed by atoms with van der Waals surface area (Å²) in [4.78, 5) is 53.8. The molecule has 6 atom stereocenters. The van der Waals surface area contributed by atoms with Crippen LogP contribution in [-0.2, 0) is 25.6 Å². The van der Waals surface area contributed by atoms with Crippen LogP contribution in [0.2, 0.25) is 0 Å². The molecule has 3 fully saturated rings. The van der Waals surface area contributed by atoms with Crippen molar-refractivity contribution in [3.63, 3.8) is 0 Å². The van der Waals surface area contributed by atoms with E-state index in [0.717, 1.165) is 16.9 Å². The number of aryl methyl sites for hydroxylation is 1. The summed E-state index contributed by atoms with van der Waals surface area (Å²) in [5, 5.41) is 10.2. The second-order valence-electron chi connectivity index (χ2n) is 10.9. The highest BCUT2D eigenvalue weighted by atomic mass is 79.9. The number of halogens is 3. The number of anilines is 1. The molecule has 214 valence electrons. The lowest BCUT2D eigenvalue weighted by molar-refractivity contribution is -0.138. The third kappa shape index (κ3) is 3.71. The van der Waals surface area contributed by atoms with Gasteiger partial charge in [0.1, 0.15) is 11.5 Å². The minimum absolute atomic E-state index is 0.0615. The number of alkyl halides is 3. The number of benzene rings is 2. The average Bonchev–Trinajstić information content (AvgIpc) is 3.31. The summed E-state index contributed by atoms with van der Waals surface area (Å²) < 4.78 is 5.58. The molecule has 0 spiro atoms. The van der Waals surface area contributed by atoms with Crippen LogP contribution in [-0.4, -0.2) is 55.9 Å². The molecule has 2 aromatic rings. The van der Waals surface area contributed by atoms with Crippen LogP contribution in [0.1, 0.15) is 36.8 Å². The first-order valence-electron chi connectivity index (χ1n) is 13.4. The lowest BCUT2D eigenvalue weighted by Crippen LogP contribution is -2.60. The van der Waals surface area contributed by atoms with E-state index in [9.17, 15) is 24.3 Å². The van der Waals surface area contributed by atoms with Gasteiger partial charge in [0.2, 0.25) is 11.8 Å². The zero-order chi connectivity index (χ0) is 29.4. The fourth-order valence-corrected chi connectivity index (χ4v) is 8.59. The first-order chi connectivity index (χ1) is 19.5. The monoisotopic (exact) mass is 660 g/mol. The van der Waals surface area contributed by atoms with Crippen molar-refractivity contribution < 1.29 is 29.0 Å². The number of carbonyl (C=O) groups is 4. The molecular weight excluding hydrogens is 635 g/mol. The van der Waals surface area contributed by atoms with Crippen molar-refractivity contribution in [2.75, 3.05) is 17.5 Å². The number of methoxy groups -OCH3 is 1. The molecule has 6 rings (SSSR count). The predicted molar refractivity (Wildman–Crippen MR) is 156 cm³/mol. The Morgan fingerprint density at radius 2 is 1.73 bits per heavy atom. The molecule has 0 unspecified atom stereocenters. The average molecular weight is 662 g/mol. The number of rotatable bonds is 5. The second kappa shape index (κ2) is 9.85. The van der Waals surface area contributed by atoms with Gasteiger partial charge in [-0.25, -0.2) is 0 Å². The van der Waals surface area contributed by atoms with Crippen LogP contribution in [0.4, 0.5) is 5.69 Å². The summed E-state index contributed by atoms with van der Waals surface area (Å²) in [5.74, 6) is -4.87. The number of carbonyl (C=O) groups excluding carboxylic acids is 4. The van der Waals surface area contributed by atoms with Gasteiger partial charge in [0, 0.05) is 17.5 Å². The Kier molecular flexibility index (Phi) is 6.79. The number of hydrogen-bond donors (Lipinski definition) is 1. The van der Waals surface area contributed by atoms with Crippen LogP contribution in [0, 0.1) is 17.8 Å². The zero-order valence-electron chi connectivity index (χ0n) is 22.3. The molecular formula is C30H27BrCl2N2O6. The highest BCUT2D eigenvalue weighted by molar-refractivity contribution is 9.09. The Morgan fingerprint density at radius 1 is 1.02 bits per heavy atom. The maximum atomic E-state index is 14.1. The van der Waals surface area contributed by atoms with E-state index in [1.807, 2.05) is 25.1 Å². The van der Waals surface area contributed by atoms with Crippen LogP contribution >= 0.6 is 39.1 Å². The van der Waals surface area contributed by atoms with Gasteiger partial charge in [0.25, 0.3) is 11.8 Å². The number of allylic oxidation sites excluding steroid dienone is 2. The summed E-state index contributed by atoms with van der Waals surface area (Å²) in [5.41, 5.74) is 2.56. The molecule has 41 heavy (non-hydrogen) atoms. The van der Waals surface area contributed by atoms with E-state index in [1.165, 1.54) is 24.1 Å². The minimum atomic E-state index is -1.94.